The standard InChI is InChI=1S/C21H20FNO6/c1-27-20(25)15-8-4-3-7-14(15)19(24)23-12-13(11-17(23)21(26)28-2)29-18-10-6-5-9-16(18)22/h3-10,13,17H,11-12H2,1-2H3. The Hall–Kier alpha value is -3.42. The van der Waals surface area contributed by atoms with Crippen LogP contribution in [0.25, 0.3) is 0 Å². The Bertz CT molecular complexity index is 931. The van der Waals surface area contributed by atoms with E-state index in [0.717, 1.165) is 0 Å². The average Bonchev–Trinajstić information content (AvgIpc) is 3.17. The molecule has 29 heavy (non-hydrogen) atoms. The van der Waals surface area contributed by atoms with E-state index in [1.807, 2.05) is 0 Å². The lowest BCUT2D eigenvalue weighted by Crippen LogP contribution is -2.41. The van der Waals surface area contributed by atoms with Crippen LogP contribution >= 0.6 is 0 Å². The smallest absolute Gasteiger partial charge is 0.338 e. The van der Waals surface area contributed by atoms with E-state index in [9.17, 15) is 18.8 Å². The maximum Gasteiger partial charge on any atom is 0.338 e. The summed E-state index contributed by atoms with van der Waals surface area (Å²) in [5.41, 5.74) is 0.182. The molecule has 0 radical (unpaired) electrons. The molecule has 2 aromatic carbocycles. The van der Waals surface area contributed by atoms with Gasteiger partial charge in [-0.15, -0.1) is 0 Å². The molecule has 1 aliphatic rings. The molecule has 152 valence electrons. The van der Waals surface area contributed by atoms with Crippen molar-refractivity contribution in [1.29, 1.82) is 0 Å². The van der Waals surface area contributed by atoms with Crippen molar-refractivity contribution < 1.29 is 33.0 Å². The van der Waals surface area contributed by atoms with Gasteiger partial charge in [-0.3, -0.25) is 4.79 Å². The summed E-state index contributed by atoms with van der Waals surface area (Å²) in [6.45, 7) is 0.0302. The predicted octanol–water partition coefficient (Wildman–Crippen LogP) is 2.45. The van der Waals surface area contributed by atoms with E-state index < -0.39 is 35.8 Å². The molecule has 0 N–H and O–H groups in total. The topological polar surface area (TPSA) is 82.1 Å². The molecule has 0 aliphatic carbocycles. The van der Waals surface area contributed by atoms with Crippen LogP contribution in [0.4, 0.5) is 4.39 Å². The molecule has 1 fully saturated rings. The van der Waals surface area contributed by atoms with Crippen LogP contribution in [0.3, 0.4) is 0 Å². The number of carbonyl (C=O) groups is 3. The van der Waals surface area contributed by atoms with E-state index >= 15 is 0 Å². The summed E-state index contributed by atoms with van der Waals surface area (Å²) >= 11 is 0. The molecule has 8 heteroatoms. The first-order valence-corrected chi connectivity index (χ1v) is 8.93. The fraction of sp³-hybridized carbons (Fsp3) is 0.286. The molecular formula is C21H20FNO6. The minimum absolute atomic E-state index is 0.0302. The third kappa shape index (κ3) is 4.21. The Balaban J connectivity index is 1.88. The van der Waals surface area contributed by atoms with E-state index in [1.165, 1.54) is 49.5 Å². The first kappa shape index (κ1) is 20.3. The number of amides is 1. The van der Waals surface area contributed by atoms with E-state index in [1.54, 1.807) is 18.2 Å². The van der Waals surface area contributed by atoms with Crippen LogP contribution in [0.2, 0.25) is 0 Å². The van der Waals surface area contributed by atoms with Crippen LogP contribution in [0.1, 0.15) is 27.1 Å². The van der Waals surface area contributed by atoms with Gasteiger partial charge in [-0.25, -0.2) is 14.0 Å². The largest absolute Gasteiger partial charge is 0.485 e. The number of esters is 2. The van der Waals surface area contributed by atoms with Crippen LogP contribution in [-0.4, -0.2) is 55.7 Å². The minimum Gasteiger partial charge on any atom is -0.485 e. The quantitative estimate of drug-likeness (QED) is 0.716. The molecule has 2 aromatic rings. The van der Waals surface area contributed by atoms with E-state index in [4.69, 9.17) is 14.2 Å². The lowest BCUT2D eigenvalue weighted by atomic mass is 10.1. The number of halogens is 1. The van der Waals surface area contributed by atoms with Crippen molar-refractivity contribution in [2.45, 2.75) is 18.6 Å². The fourth-order valence-electron chi connectivity index (χ4n) is 3.30. The van der Waals surface area contributed by atoms with Gasteiger partial charge < -0.3 is 19.1 Å². The number of ether oxygens (including phenoxy) is 3. The Morgan fingerprint density at radius 3 is 2.28 bits per heavy atom. The third-order valence-corrected chi connectivity index (χ3v) is 4.69. The zero-order valence-electron chi connectivity index (χ0n) is 16.0. The van der Waals surface area contributed by atoms with Gasteiger partial charge in [-0.2, -0.15) is 0 Å². The normalized spacial score (nSPS) is 18.2. The molecule has 0 bridgehead atoms. The molecule has 1 amide bonds. The van der Waals surface area contributed by atoms with E-state index in [-0.39, 0.29) is 29.8 Å². The number of likely N-dealkylation sites (tertiary alicyclic amines) is 1. The van der Waals surface area contributed by atoms with Crippen molar-refractivity contribution in [3.05, 3.63) is 65.5 Å². The maximum absolute atomic E-state index is 13.9. The number of para-hydroxylation sites is 1. The first-order chi connectivity index (χ1) is 14.0. The highest BCUT2D eigenvalue weighted by atomic mass is 19.1. The Morgan fingerprint density at radius 1 is 0.966 bits per heavy atom. The molecule has 3 rings (SSSR count). The highest BCUT2D eigenvalue weighted by Gasteiger charge is 2.42. The maximum atomic E-state index is 13.9. The molecule has 0 spiro atoms. The Labute approximate surface area is 167 Å². The second-order valence-corrected chi connectivity index (χ2v) is 6.44. The fourth-order valence-corrected chi connectivity index (χ4v) is 3.30. The highest BCUT2D eigenvalue weighted by molar-refractivity contribution is 6.06. The molecule has 0 aromatic heterocycles. The molecule has 2 atom stereocenters. The second kappa shape index (κ2) is 8.72. The van der Waals surface area contributed by atoms with E-state index in [0.29, 0.717) is 0 Å². The van der Waals surface area contributed by atoms with Gasteiger partial charge in [-0.05, 0) is 24.3 Å². The number of rotatable bonds is 5. The monoisotopic (exact) mass is 401 g/mol. The molecule has 7 nitrogen and oxygen atoms in total. The summed E-state index contributed by atoms with van der Waals surface area (Å²) in [7, 11) is 2.44. The molecule has 2 unspecified atom stereocenters. The van der Waals surface area contributed by atoms with Gasteiger partial charge in [0.05, 0.1) is 31.9 Å². The van der Waals surface area contributed by atoms with Crippen molar-refractivity contribution in [3.8, 4) is 5.75 Å². The number of hydrogen-bond acceptors (Lipinski definition) is 6. The SMILES string of the molecule is COC(=O)c1ccccc1C(=O)N1CC(Oc2ccccc2F)CC1C(=O)OC. The number of hydrogen-bond donors (Lipinski definition) is 0. The zero-order valence-corrected chi connectivity index (χ0v) is 16.0. The molecule has 1 saturated heterocycles. The number of carbonyl (C=O) groups excluding carboxylic acids is 3. The Kier molecular flexibility index (Phi) is 6.11. The van der Waals surface area contributed by atoms with Gasteiger partial charge in [-0.1, -0.05) is 24.3 Å². The predicted molar refractivity (Wildman–Crippen MR) is 100 cm³/mol. The van der Waals surface area contributed by atoms with Crippen LogP contribution in [-0.2, 0) is 14.3 Å². The van der Waals surface area contributed by atoms with Crippen LogP contribution in [0, 0.1) is 5.82 Å². The molecule has 1 aliphatic heterocycles. The first-order valence-electron chi connectivity index (χ1n) is 8.93. The van der Waals surface area contributed by atoms with Crippen molar-refractivity contribution in [2.75, 3.05) is 20.8 Å². The van der Waals surface area contributed by atoms with Gasteiger partial charge in [0.1, 0.15) is 12.1 Å². The summed E-state index contributed by atoms with van der Waals surface area (Å²) in [6, 6.07) is 11.1. The zero-order chi connectivity index (χ0) is 21.0. The van der Waals surface area contributed by atoms with Crippen molar-refractivity contribution >= 4 is 17.8 Å². The van der Waals surface area contributed by atoms with Gasteiger partial charge in [0.25, 0.3) is 5.91 Å². The minimum atomic E-state index is -0.921. The van der Waals surface area contributed by atoms with Crippen molar-refractivity contribution in [3.63, 3.8) is 0 Å². The Morgan fingerprint density at radius 2 is 1.62 bits per heavy atom. The lowest BCUT2D eigenvalue weighted by Gasteiger charge is -2.23. The summed E-state index contributed by atoms with van der Waals surface area (Å²) in [5.74, 6) is -2.33. The van der Waals surface area contributed by atoms with Crippen LogP contribution in [0.15, 0.2) is 48.5 Å². The second-order valence-electron chi connectivity index (χ2n) is 6.44. The van der Waals surface area contributed by atoms with Gasteiger partial charge in [0.15, 0.2) is 11.6 Å². The van der Waals surface area contributed by atoms with Crippen LogP contribution < -0.4 is 4.74 Å². The number of benzene rings is 2. The van der Waals surface area contributed by atoms with Gasteiger partial charge in [0, 0.05) is 6.42 Å². The van der Waals surface area contributed by atoms with Crippen LogP contribution in [0.5, 0.6) is 5.75 Å². The van der Waals surface area contributed by atoms with Gasteiger partial charge >= 0.3 is 11.9 Å². The molecule has 0 saturated carbocycles. The number of methoxy groups -OCH3 is 2. The molecular weight excluding hydrogens is 381 g/mol. The molecule has 1 heterocycles. The summed E-state index contributed by atoms with van der Waals surface area (Å²) in [6.07, 6.45) is -0.488. The van der Waals surface area contributed by atoms with Crippen molar-refractivity contribution in [1.82, 2.24) is 4.90 Å². The number of nitrogens with zero attached hydrogens (tertiary/aromatic N) is 1. The van der Waals surface area contributed by atoms with Crippen molar-refractivity contribution in [2.24, 2.45) is 0 Å². The van der Waals surface area contributed by atoms with E-state index in [2.05, 4.69) is 0 Å². The average molecular weight is 401 g/mol. The summed E-state index contributed by atoms with van der Waals surface area (Å²) in [5, 5.41) is 0. The highest BCUT2D eigenvalue weighted by Crippen LogP contribution is 2.27. The summed E-state index contributed by atoms with van der Waals surface area (Å²) < 4.78 is 29.1. The lowest BCUT2D eigenvalue weighted by molar-refractivity contribution is -0.145. The summed E-state index contributed by atoms with van der Waals surface area (Å²) in [4.78, 5) is 38.7. The third-order valence-electron chi connectivity index (χ3n) is 4.69. The van der Waals surface area contributed by atoms with Gasteiger partial charge in [0.2, 0.25) is 0 Å².